The van der Waals surface area contributed by atoms with E-state index in [-0.39, 0.29) is 10.8 Å². The maximum Gasteiger partial charge on any atom is 0.261 e. The van der Waals surface area contributed by atoms with Crippen LogP contribution in [0.3, 0.4) is 0 Å². The molecule has 0 radical (unpaired) electrons. The number of hydrogen-bond donors (Lipinski definition) is 1. The fraction of sp³-hybridized carbons (Fsp3) is 0.385. The van der Waals surface area contributed by atoms with Crippen molar-refractivity contribution in [3.63, 3.8) is 0 Å². The highest BCUT2D eigenvalue weighted by Crippen LogP contribution is 2.31. The van der Waals surface area contributed by atoms with Gasteiger partial charge in [-0.05, 0) is 31.7 Å². The summed E-state index contributed by atoms with van der Waals surface area (Å²) in [7, 11) is -0.706. The highest BCUT2D eigenvalue weighted by atomic mass is 32.2. The minimum atomic E-state index is -3.55. The molecule has 0 aliphatic rings. The lowest BCUT2D eigenvalue weighted by molar-refractivity contribution is 0.402. The molecule has 0 aliphatic heterocycles. The van der Waals surface area contributed by atoms with E-state index in [0.717, 1.165) is 6.42 Å². The lowest BCUT2D eigenvalue weighted by Gasteiger charge is -2.08. The van der Waals surface area contributed by atoms with Gasteiger partial charge >= 0.3 is 0 Å². The molecule has 1 aromatic heterocycles. The van der Waals surface area contributed by atoms with Crippen molar-refractivity contribution in [1.29, 1.82) is 0 Å². The maximum atomic E-state index is 11.9. The molecule has 21 heavy (non-hydrogen) atoms. The third-order valence-corrected chi connectivity index (χ3v) is 4.33. The van der Waals surface area contributed by atoms with Crippen LogP contribution in [-0.4, -0.2) is 32.7 Å². The van der Waals surface area contributed by atoms with Crippen LogP contribution in [0.2, 0.25) is 0 Å². The van der Waals surface area contributed by atoms with Crippen LogP contribution in [0, 0.1) is 0 Å². The van der Waals surface area contributed by atoms with Crippen molar-refractivity contribution < 1.29 is 17.7 Å². The van der Waals surface area contributed by atoms with Crippen LogP contribution < -0.4 is 9.46 Å². The van der Waals surface area contributed by atoms with E-state index in [1.54, 1.807) is 6.07 Å². The Morgan fingerprint density at radius 2 is 2.14 bits per heavy atom. The molecule has 7 nitrogen and oxygen atoms in total. The number of nitrogens with one attached hydrogen (secondary N) is 1. The molecule has 0 unspecified atom stereocenters. The number of sulfonamides is 1. The average Bonchev–Trinajstić information content (AvgIpc) is 2.95. The molecule has 1 aromatic carbocycles. The van der Waals surface area contributed by atoms with Crippen LogP contribution in [0.25, 0.3) is 11.5 Å². The Labute approximate surface area is 123 Å². The smallest absolute Gasteiger partial charge is 0.261 e. The van der Waals surface area contributed by atoms with E-state index in [9.17, 15) is 8.42 Å². The summed E-state index contributed by atoms with van der Waals surface area (Å²) in [4.78, 5) is 4.36. The second-order valence-electron chi connectivity index (χ2n) is 4.34. The van der Waals surface area contributed by atoms with Gasteiger partial charge in [0.25, 0.3) is 5.89 Å². The number of hydrogen-bond acceptors (Lipinski definition) is 6. The Kier molecular flexibility index (Phi) is 4.59. The van der Waals surface area contributed by atoms with Gasteiger partial charge in [0.05, 0.1) is 17.6 Å². The lowest BCUT2D eigenvalue weighted by atomic mass is 10.2. The third kappa shape index (κ3) is 3.22. The van der Waals surface area contributed by atoms with Crippen molar-refractivity contribution in [2.75, 3.05) is 14.2 Å². The Morgan fingerprint density at radius 1 is 1.38 bits per heavy atom. The molecule has 1 heterocycles. The van der Waals surface area contributed by atoms with Crippen LogP contribution >= 0.6 is 0 Å². The van der Waals surface area contributed by atoms with Gasteiger partial charge in [0.15, 0.2) is 5.82 Å². The Balaban J connectivity index is 2.51. The monoisotopic (exact) mass is 311 g/mol. The average molecular weight is 311 g/mol. The van der Waals surface area contributed by atoms with E-state index in [1.807, 2.05) is 6.92 Å². The summed E-state index contributed by atoms with van der Waals surface area (Å²) in [5, 5.41) is 3.86. The summed E-state index contributed by atoms with van der Waals surface area (Å²) in [6.45, 7) is 2.01. The standard InChI is InChI=1S/C13H17N3O4S/c1-4-5-12-15-13(20-16-12)10-8-9(21(17,18)14-2)6-7-11(10)19-3/h6-8,14H,4-5H2,1-3H3. The zero-order chi connectivity index (χ0) is 15.5. The number of benzene rings is 1. The first-order valence-corrected chi connectivity index (χ1v) is 7.94. The second-order valence-corrected chi connectivity index (χ2v) is 6.22. The number of aromatic nitrogens is 2. The molecule has 0 fully saturated rings. The zero-order valence-electron chi connectivity index (χ0n) is 12.1. The van der Waals surface area contributed by atoms with Crippen LogP contribution in [0.1, 0.15) is 19.2 Å². The molecular weight excluding hydrogens is 294 g/mol. The summed E-state index contributed by atoms with van der Waals surface area (Å²) in [6.07, 6.45) is 1.59. The topological polar surface area (TPSA) is 94.3 Å². The van der Waals surface area contributed by atoms with Crippen LogP contribution in [0.5, 0.6) is 5.75 Å². The number of ether oxygens (including phenoxy) is 1. The molecule has 0 aliphatic carbocycles. The highest BCUT2D eigenvalue weighted by Gasteiger charge is 2.19. The largest absolute Gasteiger partial charge is 0.496 e. The van der Waals surface area contributed by atoms with Gasteiger partial charge in [0.1, 0.15) is 5.75 Å². The van der Waals surface area contributed by atoms with Crippen molar-refractivity contribution >= 4 is 10.0 Å². The van der Waals surface area contributed by atoms with Gasteiger partial charge in [0, 0.05) is 6.42 Å². The van der Waals surface area contributed by atoms with Gasteiger partial charge in [-0.1, -0.05) is 12.1 Å². The second kappa shape index (κ2) is 6.23. The van der Waals surface area contributed by atoms with Crippen molar-refractivity contribution in [3.8, 4) is 17.2 Å². The normalized spacial score (nSPS) is 11.6. The first-order valence-electron chi connectivity index (χ1n) is 6.46. The number of rotatable bonds is 6. The summed E-state index contributed by atoms with van der Waals surface area (Å²) in [5.41, 5.74) is 0.448. The van der Waals surface area contributed by atoms with Crippen molar-refractivity contribution in [2.45, 2.75) is 24.7 Å². The fourth-order valence-corrected chi connectivity index (χ4v) is 2.58. The van der Waals surface area contributed by atoms with E-state index >= 15 is 0 Å². The quantitative estimate of drug-likeness (QED) is 0.871. The molecule has 114 valence electrons. The minimum Gasteiger partial charge on any atom is -0.496 e. The molecule has 0 bridgehead atoms. The Bertz CT molecular complexity index is 725. The zero-order valence-corrected chi connectivity index (χ0v) is 12.9. The van der Waals surface area contributed by atoms with E-state index in [1.165, 1.54) is 26.3 Å². The number of aryl methyl sites for hydroxylation is 1. The van der Waals surface area contributed by atoms with Crippen LogP contribution in [-0.2, 0) is 16.4 Å². The van der Waals surface area contributed by atoms with E-state index in [4.69, 9.17) is 9.26 Å². The van der Waals surface area contributed by atoms with Crippen molar-refractivity contribution in [3.05, 3.63) is 24.0 Å². The number of methoxy groups -OCH3 is 1. The van der Waals surface area contributed by atoms with Gasteiger partial charge in [-0.3, -0.25) is 0 Å². The molecule has 2 rings (SSSR count). The maximum absolute atomic E-state index is 11.9. The number of nitrogens with zero attached hydrogens (tertiary/aromatic N) is 2. The van der Waals surface area contributed by atoms with Gasteiger partial charge in [-0.25, -0.2) is 13.1 Å². The Hall–Kier alpha value is -1.93. The van der Waals surface area contributed by atoms with E-state index in [0.29, 0.717) is 23.6 Å². The molecular formula is C13H17N3O4S. The van der Waals surface area contributed by atoms with Gasteiger partial charge < -0.3 is 9.26 Å². The third-order valence-electron chi connectivity index (χ3n) is 2.92. The molecule has 0 spiro atoms. The van der Waals surface area contributed by atoms with Gasteiger partial charge in [-0.15, -0.1) is 0 Å². The molecule has 2 aromatic rings. The fourth-order valence-electron chi connectivity index (χ4n) is 1.83. The summed E-state index contributed by atoms with van der Waals surface area (Å²) >= 11 is 0. The highest BCUT2D eigenvalue weighted by molar-refractivity contribution is 7.89. The molecule has 0 atom stereocenters. The summed E-state index contributed by atoms with van der Waals surface area (Å²) in [6, 6.07) is 4.47. The van der Waals surface area contributed by atoms with Crippen molar-refractivity contribution in [2.24, 2.45) is 0 Å². The predicted octanol–water partition coefficient (Wildman–Crippen LogP) is 1.61. The van der Waals surface area contributed by atoms with E-state index < -0.39 is 10.0 Å². The van der Waals surface area contributed by atoms with Crippen LogP contribution in [0.15, 0.2) is 27.6 Å². The van der Waals surface area contributed by atoms with E-state index in [2.05, 4.69) is 14.9 Å². The lowest BCUT2D eigenvalue weighted by Crippen LogP contribution is -2.18. The first kappa shape index (κ1) is 15.5. The van der Waals surface area contributed by atoms with Crippen LogP contribution in [0.4, 0.5) is 0 Å². The predicted molar refractivity (Wildman–Crippen MR) is 76.5 cm³/mol. The first-order chi connectivity index (χ1) is 10.0. The summed E-state index contributed by atoms with van der Waals surface area (Å²) in [5.74, 6) is 1.29. The van der Waals surface area contributed by atoms with Crippen molar-refractivity contribution in [1.82, 2.24) is 14.9 Å². The molecule has 0 amide bonds. The Morgan fingerprint density at radius 3 is 2.76 bits per heavy atom. The molecule has 1 N–H and O–H groups in total. The molecule has 0 saturated carbocycles. The van der Waals surface area contributed by atoms with Gasteiger partial charge in [0.2, 0.25) is 10.0 Å². The molecule has 0 saturated heterocycles. The molecule has 8 heteroatoms. The van der Waals surface area contributed by atoms with Gasteiger partial charge in [-0.2, -0.15) is 4.98 Å². The summed E-state index contributed by atoms with van der Waals surface area (Å²) < 4.78 is 36.4. The SMILES string of the molecule is CCCc1noc(-c2cc(S(=O)(=O)NC)ccc2OC)n1. The minimum absolute atomic E-state index is 0.107.